The molecule has 4 nitrogen and oxygen atoms in total. The molecule has 0 radical (unpaired) electrons. The number of hydrogen-bond donors (Lipinski definition) is 1. The number of likely N-dealkylation sites (N-methyl/N-ethyl adjacent to an activating group) is 2. The molecule has 1 heterocycles. The number of hydrogen-bond acceptors (Lipinski definition) is 4. The van der Waals surface area contributed by atoms with Gasteiger partial charge in [-0.1, -0.05) is 6.07 Å². The fourth-order valence-corrected chi connectivity index (χ4v) is 1.96. The van der Waals surface area contributed by atoms with E-state index in [-0.39, 0.29) is 5.54 Å². The minimum absolute atomic E-state index is 0.120. The molecule has 0 bridgehead atoms. The van der Waals surface area contributed by atoms with Gasteiger partial charge in [-0.05, 0) is 40.9 Å². The van der Waals surface area contributed by atoms with Crippen molar-refractivity contribution in [2.75, 3.05) is 27.7 Å². The van der Waals surface area contributed by atoms with Gasteiger partial charge in [0.2, 0.25) is 5.88 Å². The summed E-state index contributed by atoms with van der Waals surface area (Å²) in [5, 5.41) is 3.26. The predicted octanol–water partition coefficient (Wildman–Crippen LogP) is 1.86. The van der Waals surface area contributed by atoms with E-state index in [1.54, 1.807) is 13.3 Å². The van der Waals surface area contributed by atoms with Crippen LogP contribution in [-0.4, -0.2) is 43.7 Å². The summed E-state index contributed by atoms with van der Waals surface area (Å²) >= 11 is 0. The lowest BCUT2D eigenvalue weighted by Crippen LogP contribution is -2.45. The number of pyridine rings is 1. The summed E-state index contributed by atoms with van der Waals surface area (Å²) in [4.78, 5) is 6.59. The van der Waals surface area contributed by atoms with E-state index in [4.69, 9.17) is 4.74 Å². The Hall–Kier alpha value is -1.13. The Kier molecular flexibility index (Phi) is 5.11. The van der Waals surface area contributed by atoms with Crippen molar-refractivity contribution in [1.82, 2.24) is 15.2 Å². The van der Waals surface area contributed by atoms with Gasteiger partial charge in [0.25, 0.3) is 0 Å². The number of methoxy groups -OCH3 is 1. The van der Waals surface area contributed by atoms with Crippen molar-refractivity contribution in [3.8, 4) is 5.88 Å². The Balaban J connectivity index is 2.97. The van der Waals surface area contributed by atoms with Gasteiger partial charge in [0.05, 0.1) is 7.11 Å². The van der Waals surface area contributed by atoms with Gasteiger partial charge in [-0.3, -0.25) is 4.90 Å². The predicted molar refractivity (Wildman–Crippen MR) is 75.0 cm³/mol. The highest BCUT2D eigenvalue weighted by Crippen LogP contribution is 2.32. The molecule has 18 heavy (non-hydrogen) atoms. The molecule has 1 rings (SSSR count). The first-order valence-corrected chi connectivity index (χ1v) is 6.31. The van der Waals surface area contributed by atoms with Gasteiger partial charge in [-0.25, -0.2) is 4.98 Å². The first-order valence-electron chi connectivity index (χ1n) is 6.31. The van der Waals surface area contributed by atoms with E-state index >= 15 is 0 Å². The molecule has 0 unspecified atom stereocenters. The molecular weight excluding hydrogens is 226 g/mol. The van der Waals surface area contributed by atoms with E-state index in [0.717, 1.165) is 12.1 Å². The minimum atomic E-state index is -0.120. The van der Waals surface area contributed by atoms with Crippen molar-refractivity contribution in [3.05, 3.63) is 23.9 Å². The van der Waals surface area contributed by atoms with Crippen LogP contribution in [0.3, 0.4) is 0 Å². The minimum Gasteiger partial charge on any atom is -0.481 e. The molecule has 4 heteroatoms. The van der Waals surface area contributed by atoms with Gasteiger partial charge in [-0.15, -0.1) is 0 Å². The van der Waals surface area contributed by atoms with Gasteiger partial charge in [0.1, 0.15) is 0 Å². The van der Waals surface area contributed by atoms with Crippen LogP contribution in [0.2, 0.25) is 0 Å². The molecule has 1 aromatic rings. The first kappa shape index (κ1) is 14.9. The van der Waals surface area contributed by atoms with Crippen LogP contribution in [0.15, 0.2) is 18.3 Å². The smallest absolute Gasteiger partial charge is 0.218 e. The highest BCUT2D eigenvalue weighted by atomic mass is 16.5. The quantitative estimate of drug-likeness (QED) is 0.837. The summed E-state index contributed by atoms with van der Waals surface area (Å²) in [6.45, 7) is 7.51. The highest BCUT2D eigenvalue weighted by molar-refractivity contribution is 5.32. The zero-order chi connectivity index (χ0) is 13.8. The van der Waals surface area contributed by atoms with E-state index in [1.165, 1.54) is 0 Å². The molecule has 1 aromatic heterocycles. The summed E-state index contributed by atoms with van der Waals surface area (Å²) in [6, 6.07) is 4.47. The van der Waals surface area contributed by atoms with Crippen LogP contribution in [-0.2, 0) is 5.54 Å². The standard InChI is InChI=1S/C14H25N3O/c1-11(15-4)10-17(5)14(2,3)12-8-7-9-16-13(12)18-6/h7-9,11,15H,10H2,1-6H3/t11-/m0/s1. The molecular formula is C14H25N3O. The molecule has 0 saturated heterocycles. The molecule has 1 N–H and O–H groups in total. The monoisotopic (exact) mass is 251 g/mol. The Bertz CT molecular complexity index is 379. The zero-order valence-corrected chi connectivity index (χ0v) is 12.3. The molecule has 0 saturated carbocycles. The second-order valence-electron chi connectivity index (χ2n) is 5.19. The number of aromatic nitrogens is 1. The Labute approximate surface area is 110 Å². The van der Waals surface area contributed by atoms with Gasteiger partial charge in [0.15, 0.2) is 0 Å². The summed E-state index contributed by atoms with van der Waals surface area (Å²) in [6.07, 6.45) is 1.76. The van der Waals surface area contributed by atoms with Crippen LogP contribution in [0.4, 0.5) is 0 Å². The highest BCUT2D eigenvalue weighted by Gasteiger charge is 2.30. The largest absolute Gasteiger partial charge is 0.481 e. The summed E-state index contributed by atoms with van der Waals surface area (Å²) < 4.78 is 5.36. The Morgan fingerprint density at radius 3 is 2.72 bits per heavy atom. The average molecular weight is 251 g/mol. The van der Waals surface area contributed by atoms with E-state index in [2.05, 4.69) is 49.1 Å². The van der Waals surface area contributed by atoms with E-state index in [0.29, 0.717) is 11.9 Å². The molecule has 102 valence electrons. The number of nitrogens with one attached hydrogen (secondary N) is 1. The number of ether oxygens (including phenoxy) is 1. The third-order valence-corrected chi connectivity index (χ3v) is 3.62. The van der Waals surface area contributed by atoms with Crippen LogP contribution < -0.4 is 10.1 Å². The molecule has 0 aromatic carbocycles. The number of rotatable bonds is 6. The van der Waals surface area contributed by atoms with Gasteiger partial charge in [-0.2, -0.15) is 0 Å². The lowest BCUT2D eigenvalue weighted by atomic mass is 9.93. The van der Waals surface area contributed by atoms with E-state index in [9.17, 15) is 0 Å². The van der Waals surface area contributed by atoms with Crippen LogP contribution in [0.5, 0.6) is 5.88 Å². The average Bonchev–Trinajstić information content (AvgIpc) is 2.38. The SMILES string of the molecule is CN[C@@H](C)CN(C)C(C)(C)c1cccnc1OC. The third kappa shape index (κ3) is 3.21. The third-order valence-electron chi connectivity index (χ3n) is 3.62. The van der Waals surface area contributed by atoms with E-state index in [1.807, 2.05) is 13.1 Å². The van der Waals surface area contributed by atoms with Crippen molar-refractivity contribution in [1.29, 1.82) is 0 Å². The van der Waals surface area contributed by atoms with Crippen molar-refractivity contribution >= 4 is 0 Å². The fourth-order valence-electron chi connectivity index (χ4n) is 1.96. The van der Waals surface area contributed by atoms with Crippen molar-refractivity contribution in [2.24, 2.45) is 0 Å². The van der Waals surface area contributed by atoms with Crippen LogP contribution in [0.25, 0.3) is 0 Å². The summed E-state index contributed by atoms with van der Waals surface area (Å²) in [5.74, 6) is 0.700. The summed E-state index contributed by atoms with van der Waals surface area (Å²) in [5.41, 5.74) is 0.989. The summed E-state index contributed by atoms with van der Waals surface area (Å²) in [7, 11) is 5.77. The molecule has 0 fully saturated rings. The van der Waals surface area contributed by atoms with Crippen LogP contribution in [0, 0.1) is 0 Å². The van der Waals surface area contributed by atoms with Crippen molar-refractivity contribution in [3.63, 3.8) is 0 Å². The van der Waals surface area contributed by atoms with Gasteiger partial charge >= 0.3 is 0 Å². The van der Waals surface area contributed by atoms with Gasteiger partial charge < -0.3 is 10.1 Å². The number of nitrogens with zero attached hydrogens (tertiary/aromatic N) is 2. The maximum Gasteiger partial charge on any atom is 0.218 e. The lowest BCUT2D eigenvalue weighted by molar-refractivity contribution is 0.140. The van der Waals surface area contributed by atoms with Crippen LogP contribution in [0.1, 0.15) is 26.3 Å². The molecule has 0 spiro atoms. The maximum atomic E-state index is 5.36. The maximum absolute atomic E-state index is 5.36. The molecule has 1 atom stereocenters. The molecule has 0 aliphatic carbocycles. The first-order chi connectivity index (χ1) is 8.43. The molecule has 0 aliphatic heterocycles. The van der Waals surface area contributed by atoms with Gasteiger partial charge in [0, 0.05) is 29.9 Å². The fraction of sp³-hybridized carbons (Fsp3) is 0.643. The van der Waals surface area contributed by atoms with Crippen molar-refractivity contribution < 1.29 is 4.74 Å². The van der Waals surface area contributed by atoms with Crippen LogP contribution >= 0.6 is 0 Å². The lowest BCUT2D eigenvalue weighted by Gasteiger charge is -2.38. The van der Waals surface area contributed by atoms with E-state index < -0.39 is 0 Å². The Morgan fingerprint density at radius 1 is 1.50 bits per heavy atom. The molecule has 0 aliphatic rings. The zero-order valence-electron chi connectivity index (χ0n) is 12.3. The second kappa shape index (κ2) is 6.16. The second-order valence-corrected chi connectivity index (χ2v) is 5.19. The van der Waals surface area contributed by atoms with Crippen molar-refractivity contribution in [2.45, 2.75) is 32.4 Å². The molecule has 0 amide bonds. The normalized spacial score (nSPS) is 13.7. The topological polar surface area (TPSA) is 37.4 Å². The Morgan fingerprint density at radius 2 is 2.17 bits per heavy atom.